The van der Waals surface area contributed by atoms with Crippen LogP contribution < -0.4 is 14.8 Å². The van der Waals surface area contributed by atoms with Gasteiger partial charge in [-0.3, -0.25) is 4.79 Å². The molecule has 5 heteroatoms. The fourth-order valence-electron chi connectivity index (χ4n) is 2.41. The van der Waals surface area contributed by atoms with Crippen LogP contribution in [0, 0.1) is 0 Å². The van der Waals surface area contributed by atoms with Crippen molar-refractivity contribution >= 4 is 11.6 Å². The number of nitrogens with one attached hydrogen (secondary N) is 1. The number of carbonyl (C=O) groups is 1. The van der Waals surface area contributed by atoms with E-state index in [9.17, 15) is 4.79 Å². The molecule has 1 saturated heterocycles. The predicted molar refractivity (Wildman–Crippen MR) is 80.0 cm³/mol. The van der Waals surface area contributed by atoms with E-state index in [1.165, 1.54) is 0 Å². The highest BCUT2D eigenvalue weighted by Crippen LogP contribution is 2.35. The fourth-order valence-corrected chi connectivity index (χ4v) is 2.41. The van der Waals surface area contributed by atoms with Gasteiger partial charge in [-0.25, -0.2) is 0 Å². The van der Waals surface area contributed by atoms with Gasteiger partial charge in [-0.1, -0.05) is 30.3 Å². The third-order valence-electron chi connectivity index (χ3n) is 3.67. The Hall–Kier alpha value is -2.53. The van der Waals surface area contributed by atoms with Crippen molar-refractivity contribution in [2.75, 3.05) is 11.9 Å². The lowest BCUT2D eigenvalue weighted by molar-refractivity contribution is -0.124. The molecule has 112 valence electrons. The Morgan fingerprint density at radius 3 is 2.77 bits per heavy atom. The SMILES string of the molecule is O=C1Nc2cc(OCc3ccccc3)ccc2O[C@@H]1C1CO1. The molecule has 2 aromatic carbocycles. The number of hydrogen-bond donors (Lipinski definition) is 1. The molecule has 0 spiro atoms. The number of fused-ring (bicyclic) bond motifs is 1. The van der Waals surface area contributed by atoms with E-state index >= 15 is 0 Å². The van der Waals surface area contributed by atoms with Crippen LogP contribution in [0.1, 0.15) is 5.56 Å². The first-order chi connectivity index (χ1) is 10.8. The maximum atomic E-state index is 12.0. The van der Waals surface area contributed by atoms with Crippen molar-refractivity contribution in [3.63, 3.8) is 0 Å². The molecule has 0 aromatic heterocycles. The summed E-state index contributed by atoms with van der Waals surface area (Å²) < 4.78 is 16.6. The van der Waals surface area contributed by atoms with Crippen LogP contribution in [0.15, 0.2) is 48.5 Å². The highest BCUT2D eigenvalue weighted by molar-refractivity contribution is 5.98. The summed E-state index contributed by atoms with van der Waals surface area (Å²) in [4.78, 5) is 12.0. The van der Waals surface area contributed by atoms with Crippen LogP contribution in [-0.2, 0) is 16.1 Å². The average molecular weight is 297 g/mol. The number of carbonyl (C=O) groups excluding carboxylic acids is 1. The number of hydrogen-bond acceptors (Lipinski definition) is 4. The molecule has 2 aliphatic heterocycles. The highest BCUT2D eigenvalue weighted by Gasteiger charge is 2.42. The van der Waals surface area contributed by atoms with Crippen molar-refractivity contribution in [3.8, 4) is 11.5 Å². The smallest absolute Gasteiger partial charge is 0.268 e. The zero-order valence-electron chi connectivity index (χ0n) is 11.8. The minimum absolute atomic E-state index is 0.123. The number of benzene rings is 2. The molecule has 22 heavy (non-hydrogen) atoms. The second-order valence-corrected chi connectivity index (χ2v) is 5.33. The molecule has 0 bridgehead atoms. The minimum atomic E-state index is -0.552. The van der Waals surface area contributed by atoms with Gasteiger partial charge in [0.25, 0.3) is 5.91 Å². The third-order valence-corrected chi connectivity index (χ3v) is 3.67. The molecule has 2 heterocycles. The molecule has 4 rings (SSSR count). The summed E-state index contributed by atoms with van der Waals surface area (Å²) in [5.74, 6) is 1.16. The Labute approximate surface area is 127 Å². The van der Waals surface area contributed by atoms with Gasteiger partial charge in [0.2, 0.25) is 6.10 Å². The Kier molecular flexibility index (Phi) is 3.20. The Balaban J connectivity index is 1.47. The van der Waals surface area contributed by atoms with Crippen LogP contribution in [0.2, 0.25) is 0 Å². The summed E-state index contributed by atoms with van der Waals surface area (Å²) in [5, 5.41) is 2.85. The van der Waals surface area contributed by atoms with Crippen molar-refractivity contribution < 1.29 is 19.0 Å². The van der Waals surface area contributed by atoms with Gasteiger partial charge in [-0.05, 0) is 17.7 Å². The van der Waals surface area contributed by atoms with Crippen LogP contribution in [0.3, 0.4) is 0 Å². The highest BCUT2D eigenvalue weighted by atomic mass is 16.6. The monoisotopic (exact) mass is 297 g/mol. The maximum absolute atomic E-state index is 12.0. The molecular weight excluding hydrogens is 282 g/mol. The lowest BCUT2D eigenvalue weighted by Crippen LogP contribution is -2.40. The number of anilines is 1. The molecule has 1 unspecified atom stereocenters. The van der Waals surface area contributed by atoms with Gasteiger partial charge in [0.15, 0.2) is 0 Å². The zero-order valence-corrected chi connectivity index (χ0v) is 11.8. The Morgan fingerprint density at radius 2 is 2.00 bits per heavy atom. The number of amides is 1. The number of ether oxygens (including phenoxy) is 3. The summed E-state index contributed by atoms with van der Waals surface area (Å²) in [7, 11) is 0. The van der Waals surface area contributed by atoms with E-state index in [2.05, 4.69) is 5.32 Å². The lowest BCUT2D eigenvalue weighted by atomic mass is 10.1. The predicted octanol–water partition coefficient (Wildman–Crippen LogP) is 2.36. The molecule has 2 atom stereocenters. The van der Waals surface area contributed by atoms with Gasteiger partial charge in [-0.2, -0.15) is 0 Å². The van der Waals surface area contributed by atoms with Gasteiger partial charge in [0, 0.05) is 6.07 Å². The molecule has 0 aliphatic carbocycles. The maximum Gasteiger partial charge on any atom is 0.268 e. The van der Waals surface area contributed by atoms with Crippen LogP contribution in [0.5, 0.6) is 11.5 Å². The molecule has 1 N–H and O–H groups in total. The van der Waals surface area contributed by atoms with Gasteiger partial charge in [0.05, 0.1) is 12.3 Å². The van der Waals surface area contributed by atoms with Crippen LogP contribution in [0.4, 0.5) is 5.69 Å². The molecule has 0 radical (unpaired) electrons. The van der Waals surface area contributed by atoms with Crippen molar-refractivity contribution in [2.24, 2.45) is 0 Å². The second-order valence-electron chi connectivity index (χ2n) is 5.33. The second kappa shape index (κ2) is 5.35. The van der Waals surface area contributed by atoms with Gasteiger partial charge in [0.1, 0.15) is 24.2 Å². The van der Waals surface area contributed by atoms with Gasteiger partial charge >= 0.3 is 0 Å². The van der Waals surface area contributed by atoms with Crippen LogP contribution >= 0.6 is 0 Å². The minimum Gasteiger partial charge on any atom is -0.489 e. The first-order valence-electron chi connectivity index (χ1n) is 7.19. The van der Waals surface area contributed by atoms with Crippen molar-refractivity contribution in [3.05, 3.63) is 54.1 Å². The van der Waals surface area contributed by atoms with E-state index in [1.54, 1.807) is 6.07 Å². The number of epoxide rings is 1. The van der Waals surface area contributed by atoms with Crippen molar-refractivity contribution in [1.82, 2.24) is 0 Å². The first-order valence-corrected chi connectivity index (χ1v) is 7.19. The normalized spacial score (nSPS) is 22.3. The largest absolute Gasteiger partial charge is 0.489 e. The van der Waals surface area contributed by atoms with Crippen LogP contribution in [0.25, 0.3) is 0 Å². The van der Waals surface area contributed by atoms with Crippen molar-refractivity contribution in [1.29, 1.82) is 0 Å². The summed E-state index contributed by atoms with van der Waals surface area (Å²) in [5.41, 5.74) is 1.72. The number of rotatable bonds is 4. The fraction of sp³-hybridized carbons (Fsp3) is 0.235. The van der Waals surface area contributed by atoms with Gasteiger partial charge < -0.3 is 19.5 Å². The Morgan fingerprint density at radius 1 is 1.18 bits per heavy atom. The molecule has 1 fully saturated rings. The zero-order chi connectivity index (χ0) is 14.9. The lowest BCUT2D eigenvalue weighted by Gasteiger charge is -2.25. The third kappa shape index (κ3) is 2.63. The van der Waals surface area contributed by atoms with Crippen molar-refractivity contribution in [2.45, 2.75) is 18.8 Å². The molecule has 1 amide bonds. The summed E-state index contributed by atoms with van der Waals surface area (Å²) in [6.07, 6.45) is -0.675. The van der Waals surface area contributed by atoms with E-state index in [1.807, 2.05) is 42.5 Å². The van der Waals surface area contributed by atoms with Gasteiger partial charge in [-0.15, -0.1) is 0 Å². The molecule has 0 saturated carbocycles. The van der Waals surface area contributed by atoms with E-state index in [4.69, 9.17) is 14.2 Å². The topological polar surface area (TPSA) is 60.1 Å². The molecule has 2 aromatic rings. The van der Waals surface area contributed by atoms with Crippen LogP contribution in [-0.4, -0.2) is 24.7 Å². The molecule has 2 aliphatic rings. The van der Waals surface area contributed by atoms with E-state index in [0.717, 1.165) is 5.56 Å². The van der Waals surface area contributed by atoms with E-state index in [0.29, 0.717) is 30.4 Å². The van der Waals surface area contributed by atoms with E-state index in [-0.39, 0.29) is 12.0 Å². The quantitative estimate of drug-likeness (QED) is 0.880. The summed E-state index contributed by atoms with van der Waals surface area (Å²) in [6, 6.07) is 15.3. The first kappa shape index (κ1) is 13.2. The summed E-state index contributed by atoms with van der Waals surface area (Å²) >= 11 is 0. The summed E-state index contributed by atoms with van der Waals surface area (Å²) in [6.45, 7) is 1.05. The Bertz CT molecular complexity index is 697. The van der Waals surface area contributed by atoms with E-state index < -0.39 is 6.10 Å². The average Bonchev–Trinajstić information content (AvgIpc) is 3.38. The molecule has 5 nitrogen and oxygen atoms in total. The standard InChI is InChI=1S/C17H15NO4/c19-17-16(15-10-21-15)22-14-7-6-12(8-13(14)18-17)20-9-11-4-2-1-3-5-11/h1-8,15-16H,9-10H2,(H,18,19)/t15?,16-/m1/s1. The molecular formula is C17H15NO4.